The Balaban J connectivity index is 1.61. The van der Waals surface area contributed by atoms with Gasteiger partial charge in [-0.15, -0.1) is 0 Å². The first-order valence-electron chi connectivity index (χ1n) is 9.39. The largest absolute Gasteiger partial charge is 0.385 e. The van der Waals surface area contributed by atoms with Crippen LogP contribution in [0.25, 0.3) is 22.3 Å². The van der Waals surface area contributed by atoms with E-state index >= 15 is 0 Å². The smallest absolute Gasteiger partial charge is 0.109 e. The highest BCUT2D eigenvalue weighted by Crippen LogP contribution is 2.33. The van der Waals surface area contributed by atoms with Crippen molar-refractivity contribution >= 4 is 0 Å². The quantitative estimate of drug-likeness (QED) is 0.469. The van der Waals surface area contributed by atoms with Gasteiger partial charge in [0.15, 0.2) is 0 Å². The molecule has 28 heavy (non-hydrogen) atoms. The van der Waals surface area contributed by atoms with Crippen LogP contribution >= 0.6 is 0 Å². The first-order chi connectivity index (χ1) is 13.7. The molecule has 0 unspecified atom stereocenters. The summed E-state index contributed by atoms with van der Waals surface area (Å²) >= 11 is 0. The maximum atomic E-state index is 10.8. The normalized spacial score (nSPS) is 13.1. The van der Waals surface area contributed by atoms with Gasteiger partial charge in [0.2, 0.25) is 0 Å². The summed E-state index contributed by atoms with van der Waals surface area (Å²) in [5.41, 5.74) is 5.58. The average molecular weight is 366 g/mol. The highest BCUT2D eigenvalue weighted by molar-refractivity contribution is 5.65. The van der Waals surface area contributed by atoms with Gasteiger partial charge in [-0.25, -0.2) is 0 Å². The molecule has 138 valence electrons. The van der Waals surface area contributed by atoms with Crippen molar-refractivity contribution in [1.29, 1.82) is 0 Å². The van der Waals surface area contributed by atoms with Crippen molar-refractivity contribution in [2.45, 2.75) is 12.2 Å². The second-order valence-electron chi connectivity index (χ2n) is 6.87. The summed E-state index contributed by atoms with van der Waals surface area (Å²) < 4.78 is 0. The van der Waals surface area contributed by atoms with E-state index in [1.807, 2.05) is 109 Å². The van der Waals surface area contributed by atoms with E-state index in [4.69, 9.17) is 0 Å². The molecule has 2 N–H and O–H groups in total. The van der Waals surface area contributed by atoms with Crippen LogP contribution in [-0.4, -0.2) is 10.2 Å². The molecule has 0 bridgehead atoms. The average Bonchev–Trinajstić information content (AvgIpc) is 2.79. The Morgan fingerprint density at radius 1 is 0.393 bits per heavy atom. The molecule has 0 saturated heterocycles. The molecule has 0 aromatic heterocycles. The molecule has 0 aliphatic carbocycles. The predicted octanol–water partition coefficient (Wildman–Crippen LogP) is 5.79. The lowest BCUT2D eigenvalue weighted by Crippen LogP contribution is -2.10. The lowest BCUT2D eigenvalue weighted by Gasteiger charge is -2.20. The molecule has 2 heteroatoms. The van der Waals surface area contributed by atoms with Crippen LogP contribution in [0.1, 0.15) is 23.3 Å². The summed E-state index contributed by atoms with van der Waals surface area (Å²) in [5, 5.41) is 21.7. The fourth-order valence-electron chi connectivity index (χ4n) is 3.43. The van der Waals surface area contributed by atoms with E-state index in [-0.39, 0.29) is 0 Å². The van der Waals surface area contributed by atoms with Crippen molar-refractivity contribution in [2.75, 3.05) is 0 Å². The summed E-state index contributed by atoms with van der Waals surface area (Å²) in [6.45, 7) is 0. The summed E-state index contributed by atoms with van der Waals surface area (Å²) in [5.74, 6) is 0. The second kappa shape index (κ2) is 8.22. The molecule has 0 fully saturated rings. The van der Waals surface area contributed by atoms with E-state index in [2.05, 4.69) is 0 Å². The number of aliphatic hydroxyl groups excluding tert-OH is 2. The Morgan fingerprint density at radius 3 is 1.14 bits per heavy atom. The van der Waals surface area contributed by atoms with Gasteiger partial charge in [-0.05, 0) is 45.5 Å². The third-order valence-electron chi connectivity index (χ3n) is 4.97. The number of rotatable bonds is 5. The molecular formula is C26H22O2. The molecule has 0 spiro atoms. The summed E-state index contributed by atoms with van der Waals surface area (Å²) in [7, 11) is 0. The van der Waals surface area contributed by atoms with Gasteiger partial charge in [0.25, 0.3) is 0 Å². The number of benzene rings is 4. The Labute approximate surface area is 165 Å². The summed E-state index contributed by atoms with van der Waals surface area (Å²) in [6.07, 6.45) is -2.01. The standard InChI is InChI=1S/C26H22O2/c27-25(23-15-7-13-21(17-23)19-9-3-1-4-10-19)26(28)24-16-8-14-22(18-24)20-11-5-2-6-12-20/h1-18,25-28H/t25-,26-/m1/s1. The third kappa shape index (κ3) is 3.89. The van der Waals surface area contributed by atoms with Gasteiger partial charge >= 0.3 is 0 Å². The molecule has 2 atom stereocenters. The fourth-order valence-corrected chi connectivity index (χ4v) is 3.43. The minimum atomic E-state index is -1.00. The van der Waals surface area contributed by atoms with E-state index in [1.54, 1.807) is 0 Å². The van der Waals surface area contributed by atoms with Crippen LogP contribution in [0, 0.1) is 0 Å². The van der Waals surface area contributed by atoms with Crippen LogP contribution < -0.4 is 0 Å². The Hall–Kier alpha value is -3.20. The van der Waals surface area contributed by atoms with E-state index in [9.17, 15) is 10.2 Å². The molecule has 0 radical (unpaired) electrons. The molecule has 0 saturated carbocycles. The zero-order valence-corrected chi connectivity index (χ0v) is 15.4. The minimum Gasteiger partial charge on any atom is -0.385 e. The molecule has 0 heterocycles. The monoisotopic (exact) mass is 366 g/mol. The van der Waals surface area contributed by atoms with Crippen LogP contribution in [-0.2, 0) is 0 Å². The van der Waals surface area contributed by atoms with Crippen LogP contribution in [0.4, 0.5) is 0 Å². The first kappa shape index (κ1) is 18.2. The Kier molecular flexibility index (Phi) is 5.34. The van der Waals surface area contributed by atoms with Gasteiger partial charge < -0.3 is 10.2 Å². The minimum absolute atomic E-state index is 0.693. The van der Waals surface area contributed by atoms with Crippen LogP contribution in [0.5, 0.6) is 0 Å². The predicted molar refractivity (Wildman–Crippen MR) is 114 cm³/mol. The van der Waals surface area contributed by atoms with Crippen molar-refractivity contribution in [3.05, 3.63) is 120 Å². The van der Waals surface area contributed by atoms with Gasteiger partial charge in [0.1, 0.15) is 12.2 Å². The Morgan fingerprint density at radius 2 is 0.750 bits per heavy atom. The summed E-state index contributed by atoms with van der Waals surface area (Å²) in [6, 6.07) is 35.4. The van der Waals surface area contributed by atoms with Gasteiger partial charge in [-0.1, -0.05) is 97.1 Å². The number of hydrogen-bond donors (Lipinski definition) is 2. The van der Waals surface area contributed by atoms with Crippen LogP contribution in [0.3, 0.4) is 0 Å². The molecular weight excluding hydrogens is 344 g/mol. The molecule has 4 aromatic rings. The van der Waals surface area contributed by atoms with E-state index in [0.717, 1.165) is 22.3 Å². The molecule has 0 aliphatic rings. The maximum absolute atomic E-state index is 10.8. The van der Waals surface area contributed by atoms with Crippen LogP contribution in [0.2, 0.25) is 0 Å². The highest BCUT2D eigenvalue weighted by Gasteiger charge is 2.21. The lowest BCUT2D eigenvalue weighted by atomic mass is 9.93. The van der Waals surface area contributed by atoms with Crippen molar-refractivity contribution < 1.29 is 10.2 Å². The second-order valence-corrected chi connectivity index (χ2v) is 6.87. The zero-order chi connectivity index (χ0) is 19.3. The molecule has 0 amide bonds. The number of hydrogen-bond acceptors (Lipinski definition) is 2. The topological polar surface area (TPSA) is 40.5 Å². The Bertz CT molecular complexity index is 955. The lowest BCUT2D eigenvalue weighted by molar-refractivity contribution is 0.0173. The molecule has 4 rings (SSSR count). The first-order valence-corrected chi connectivity index (χ1v) is 9.39. The highest BCUT2D eigenvalue weighted by atomic mass is 16.3. The third-order valence-corrected chi connectivity index (χ3v) is 4.97. The molecule has 4 aromatic carbocycles. The van der Waals surface area contributed by atoms with Crippen molar-refractivity contribution in [1.82, 2.24) is 0 Å². The molecule has 2 nitrogen and oxygen atoms in total. The van der Waals surface area contributed by atoms with Gasteiger partial charge in [-0.3, -0.25) is 0 Å². The van der Waals surface area contributed by atoms with E-state index < -0.39 is 12.2 Å². The molecule has 0 aliphatic heterocycles. The SMILES string of the molecule is O[C@H](c1cccc(-c2ccccc2)c1)[C@H](O)c1cccc(-c2ccccc2)c1. The van der Waals surface area contributed by atoms with E-state index in [0.29, 0.717) is 11.1 Å². The van der Waals surface area contributed by atoms with Crippen LogP contribution in [0.15, 0.2) is 109 Å². The van der Waals surface area contributed by atoms with Crippen molar-refractivity contribution in [3.63, 3.8) is 0 Å². The fraction of sp³-hybridized carbons (Fsp3) is 0.0769. The van der Waals surface area contributed by atoms with Gasteiger partial charge in [0.05, 0.1) is 0 Å². The van der Waals surface area contributed by atoms with Crippen molar-refractivity contribution in [3.8, 4) is 22.3 Å². The maximum Gasteiger partial charge on any atom is 0.109 e. The van der Waals surface area contributed by atoms with Gasteiger partial charge in [-0.2, -0.15) is 0 Å². The zero-order valence-electron chi connectivity index (χ0n) is 15.4. The van der Waals surface area contributed by atoms with E-state index in [1.165, 1.54) is 0 Å². The van der Waals surface area contributed by atoms with Gasteiger partial charge in [0, 0.05) is 0 Å². The summed E-state index contributed by atoms with van der Waals surface area (Å²) in [4.78, 5) is 0. The number of aliphatic hydroxyl groups is 2. The van der Waals surface area contributed by atoms with Crippen molar-refractivity contribution in [2.24, 2.45) is 0 Å².